The summed E-state index contributed by atoms with van der Waals surface area (Å²) < 4.78 is 5.34. The number of ether oxygens (including phenoxy) is 1. The molecule has 1 aromatic heterocycles. The minimum Gasteiger partial charge on any atom is -0.379 e. The predicted octanol–water partition coefficient (Wildman–Crippen LogP) is 2.84. The van der Waals surface area contributed by atoms with E-state index in [2.05, 4.69) is 21.3 Å². The molecule has 0 radical (unpaired) electrons. The molecule has 0 saturated carbocycles. The molecule has 1 amide bonds. The van der Waals surface area contributed by atoms with Crippen LogP contribution in [0.4, 0.5) is 5.69 Å². The van der Waals surface area contributed by atoms with E-state index in [0.717, 1.165) is 54.7 Å². The number of nitrogens with zero attached hydrogens (tertiary/aromatic N) is 2. The number of morpholine rings is 1. The molecule has 5 nitrogen and oxygen atoms in total. The molecule has 1 fully saturated rings. The number of amides is 1. The fourth-order valence-electron chi connectivity index (χ4n) is 2.68. The van der Waals surface area contributed by atoms with Crippen LogP contribution in [0.15, 0.2) is 23.6 Å². The number of carbonyl (C=O) groups excluding carboxylic acids is 1. The first kappa shape index (κ1) is 16.1. The number of benzene rings is 1. The maximum Gasteiger partial charge on any atom is 0.275 e. The molecule has 2 heterocycles. The third-order valence-corrected chi connectivity index (χ3v) is 4.56. The lowest BCUT2D eigenvalue weighted by Crippen LogP contribution is -2.35. The first-order chi connectivity index (χ1) is 11.1. The van der Waals surface area contributed by atoms with Crippen LogP contribution in [0, 0.1) is 13.8 Å². The third kappa shape index (κ3) is 4.37. The third-order valence-electron chi connectivity index (χ3n) is 3.73. The van der Waals surface area contributed by atoms with Gasteiger partial charge in [0.2, 0.25) is 0 Å². The Hall–Kier alpha value is -1.76. The lowest BCUT2D eigenvalue weighted by Gasteiger charge is -2.25. The van der Waals surface area contributed by atoms with Gasteiger partial charge < -0.3 is 10.1 Å². The van der Waals surface area contributed by atoms with Gasteiger partial charge in [0.25, 0.3) is 5.91 Å². The van der Waals surface area contributed by atoms with Gasteiger partial charge in [-0.05, 0) is 37.1 Å². The van der Waals surface area contributed by atoms with Crippen molar-refractivity contribution in [1.29, 1.82) is 0 Å². The van der Waals surface area contributed by atoms with Crippen LogP contribution >= 0.6 is 11.3 Å². The molecule has 0 unspecified atom stereocenters. The minimum absolute atomic E-state index is 0.153. The molecule has 1 N–H and O–H groups in total. The summed E-state index contributed by atoms with van der Waals surface area (Å²) in [4.78, 5) is 19.1. The molecular formula is C17H21N3O2S. The summed E-state index contributed by atoms with van der Waals surface area (Å²) in [5, 5.41) is 5.73. The van der Waals surface area contributed by atoms with Gasteiger partial charge in [0.15, 0.2) is 0 Å². The summed E-state index contributed by atoms with van der Waals surface area (Å²) in [6, 6.07) is 6.01. The van der Waals surface area contributed by atoms with Gasteiger partial charge in [-0.1, -0.05) is 6.07 Å². The van der Waals surface area contributed by atoms with Crippen LogP contribution < -0.4 is 5.32 Å². The Morgan fingerprint density at radius 1 is 1.26 bits per heavy atom. The minimum atomic E-state index is -0.153. The van der Waals surface area contributed by atoms with Crippen LogP contribution in [-0.4, -0.2) is 42.1 Å². The lowest BCUT2D eigenvalue weighted by molar-refractivity contribution is 0.0341. The van der Waals surface area contributed by atoms with Gasteiger partial charge in [0.1, 0.15) is 10.7 Å². The number of nitrogens with one attached hydrogen (secondary N) is 1. The number of anilines is 1. The number of aromatic nitrogens is 1. The summed E-state index contributed by atoms with van der Waals surface area (Å²) in [6.07, 6.45) is 0. The zero-order valence-electron chi connectivity index (χ0n) is 13.5. The molecule has 0 bridgehead atoms. The molecule has 2 aromatic rings. The van der Waals surface area contributed by atoms with E-state index in [1.165, 1.54) is 11.3 Å². The fourth-order valence-corrected chi connectivity index (χ4v) is 3.50. The first-order valence-corrected chi connectivity index (χ1v) is 8.62. The van der Waals surface area contributed by atoms with Gasteiger partial charge in [-0.25, -0.2) is 4.98 Å². The monoisotopic (exact) mass is 331 g/mol. The van der Waals surface area contributed by atoms with Crippen molar-refractivity contribution in [2.45, 2.75) is 20.4 Å². The van der Waals surface area contributed by atoms with Gasteiger partial charge in [-0.3, -0.25) is 9.69 Å². The van der Waals surface area contributed by atoms with Crippen molar-refractivity contribution in [1.82, 2.24) is 9.88 Å². The highest BCUT2D eigenvalue weighted by molar-refractivity contribution is 7.09. The molecule has 1 aliphatic rings. The number of aryl methyl sites for hydroxylation is 2. The Balaban J connectivity index is 1.63. The average Bonchev–Trinajstić information content (AvgIpc) is 2.96. The fraction of sp³-hybridized carbons (Fsp3) is 0.412. The zero-order chi connectivity index (χ0) is 16.2. The van der Waals surface area contributed by atoms with Crippen molar-refractivity contribution in [3.8, 4) is 0 Å². The zero-order valence-corrected chi connectivity index (χ0v) is 14.3. The van der Waals surface area contributed by atoms with Crippen LogP contribution in [0.25, 0.3) is 0 Å². The summed E-state index contributed by atoms with van der Waals surface area (Å²) in [6.45, 7) is 8.20. The maximum absolute atomic E-state index is 12.3. The Labute approximate surface area is 140 Å². The number of rotatable bonds is 4. The van der Waals surface area contributed by atoms with E-state index < -0.39 is 0 Å². The second-order valence-electron chi connectivity index (χ2n) is 5.85. The highest BCUT2D eigenvalue weighted by Crippen LogP contribution is 2.17. The van der Waals surface area contributed by atoms with E-state index in [1.807, 2.05) is 31.4 Å². The molecular weight excluding hydrogens is 310 g/mol. The number of hydrogen-bond acceptors (Lipinski definition) is 5. The molecule has 3 rings (SSSR count). The Morgan fingerprint density at radius 3 is 2.65 bits per heavy atom. The molecule has 0 aliphatic carbocycles. The second kappa shape index (κ2) is 7.21. The topological polar surface area (TPSA) is 54.5 Å². The van der Waals surface area contributed by atoms with Gasteiger partial charge >= 0.3 is 0 Å². The molecule has 0 atom stereocenters. The highest BCUT2D eigenvalue weighted by Gasteiger charge is 2.15. The van der Waals surface area contributed by atoms with Crippen molar-refractivity contribution in [3.63, 3.8) is 0 Å². The largest absolute Gasteiger partial charge is 0.379 e. The standard InChI is InChI=1S/C17H21N3O2S/c1-12-7-13(2)9-14(8-12)18-17(21)15-11-23-16(19-15)10-20-3-5-22-6-4-20/h7-9,11H,3-6,10H2,1-2H3,(H,18,21). The number of thiazole rings is 1. The molecule has 1 saturated heterocycles. The van der Waals surface area contributed by atoms with Crippen LogP contribution in [0.3, 0.4) is 0 Å². The molecule has 1 aliphatic heterocycles. The van der Waals surface area contributed by atoms with Gasteiger partial charge in [0.05, 0.1) is 19.8 Å². The number of carbonyl (C=O) groups is 1. The van der Waals surface area contributed by atoms with E-state index in [1.54, 1.807) is 0 Å². The van der Waals surface area contributed by atoms with E-state index in [0.29, 0.717) is 5.69 Å². The van der Waals surface area contributed by atoms with Crippen molar-refractivity contribution in [2.75, 3.05) is 31.6 Å². The lowest BCUT2D eigenvalue weighted by atomic mass is 10.1. The van der Waals surface area contributed by atoms with E-state index in [-0.39, 0.29) is 5.91 Å². The van der Waals surface area contributed by atoms with Crippen LogP contribution in [0.2, 0.25) is 0 Å². The summed E-state index contributed by atoms with van der Waals surface area (Å²) >= 11 is 1.53. The van der Waals surface area contributed by atoms with Gasteiger partial charge in [-0.15, -0.1) is 11.3 Å². The second-order valence-corrected chi connectivity index (χ2v) is 6.79. The Kier molecular flexibility index (Phi) is 5.05. The van der Waals surface area contributed by atoms with Crippen LogP contribution in [0.5, 0.6) is 0 Å². The van der Waals surface area contributed by atoms with Crippen LogP contribution in [-0.2, 0) is 11.3 Å². The maximum atomic E-state index is 12.3. The Morgan fingerprint density at radius 2 is 1.96 bits per heavy atom. The molecule has 23 heavy (non-hydrogen) atoms. The summed E-state index contributed by atoms with van der Waals surface area (Å²) in [5.74, 6) is -0.153. The van der Waals surface area contributed by atoms with E-state index >= 15 is 0 Å². The summed E-state index contributed by atoms with van der Waals surface area (Å²) in [7, 11) is 0. The van der Waals surface area contributed by atoms with Crippen LogP contribution in [0.1, 0.15) is 26.6 Å². The quantitative estimate of drug-likeness (QED) is 0.936. The predicted molar refractivity (Wildman–Crippen MR) is 92.1 cm³/mol. The first-order valence-electron chi connectivity index (χ1n) is 7.74. The molecule has 0 spiro atoms. The van der Waals surface area contributed by atoms with Gasteiger partial charge in [0, 0.05) is 24.2 Å². The van der Waals surface area contributed by atoms with Crippen molar-refractivity contribution in [2.24, 2.45) is 0 Å². The van der Waals surface area contributed by atoms with E-state index in [9.17, 15) is 4.79 Å². The number of hydrogen-bond donors (Lipinski definition) is 1. The van der Waals surface area contributed by atoms with Gasteiger partial charge in [-0.2, -0.15) is 0 Å². The van der Waals surface area contributed by atoms with Crippen molar-refractivity contribution in [3.05, 3.63) is 45.4 Å². The van der Waals surface area contributed by atoms with E-state index in [4.69, 9.17) is 4.74 Å². The van der Waals surface area contributed by atoms with Crippen molar-refractivity contribution < 1.29 is 9.53 Å². The molecule has 6 heteroatoms. The molecule has 122 valence electrons. The molecule has 1 aromatic carbocycles. The normalized spacial score (nSPS) is 15.6. The smallest absolute Gasteiger partial charge is 0.275 e. The average molecular weight is 331 g/mol. The highest BCUT2D eigenvalue weighted by atomic mass is 32.1. The Bertz CT molecular complexity index is 673. The summed E-state index contributed by atoms with van der Waals surface area (Å²) in [5.41, 5.74) is 3.56. The SMILES string of the molecule is Cc1cc(C)cc(NC(=O)c2csc(CN3CCOCC3)n2)c1. The van der Waals surface area contributed by atoms with Crippen molar-refractivity contribution >= 4 is 22.9 Å².